The molecule has 0 aliphatic carbocycles. The van der Waals surface area contributed by atoms with E-state index in [2.05, 4.69) is 25.2 Å². The third-order valence-corrected chi connectivity index (χ3v) is 6.59. The molecule has 3 N–H and O–H groups in total. The van der Waals surface area contributed by atoms with Crippen molar-refractivity contribution in [2.24, 2.45) is 0 Å². The molecule has 0 unspecified atom stereocenters. The van der Waals surface area contributed by atoms with Gasteiger partial charge in [0.15, 0.2) is 10.8 Å². The van der Waals surface area contributed by atoms with Gasteiger partial charge in [-0.05, 0) is 31.9 Å². The maximum atomic E-state index is 6.06. The smallest absolute Gasteiger partial charge is 0.185 e. The van der Waals surface area contributed by atoms with Crippen LogP contribution < -0.4 is 15.8 Å². The van der Waals surface area contributed by atoms with Crippen molar-refractivity contribution in [2.75, 3.05) is 37.2 Å². The number of piperidine rings is 1. The molecule has 0 amide bonds. The summed E-state index contributed by atoms with van der Waals surface area (Å²) in [6.45, 7) is 5.55. The van der Waals surface area contributed by atoms with Gasteiger partial charge >= 0.3 is 0 Å². The molecule has 4 rings (SSSR count). The van der Waals surface area contributed by atoms with Crippen LogP contribution >= 0.6 is 34.5 Å². The summed E-state index contributed by atoms with van der Waals surface area (Å²) in [5.74, 6) is 1.90. The monoisotopic (exact) mass is 452 g/mol. The number of hydrogen-bond acceptors (Lipinski definition) is 8. The Morgan fingerprint density at radius 2 is 2.00 bits per heavy atom. The molecule has 1 aliphatic rings. The number of ether oxygens (including phenoxy) is 1. The van der Waals surface area contributed by atoms with Gasteiger partial charge in [0.2, 0.25) is 0 Å². The highest BCUT2D eigenvalue weighted by Crippen LogP contribution is 2.29. The van der Waals surface area contributed by atoms with Gasteiger partial charge in [0.25, 0.3) is 0 Å². The highest BCUT2D eigenvalue weighted by atomic mass is 35.5. The lowest BCUT2D eigenvalue weighted by atomic mass is 10.1. The number of thiazole rings is 1. The van der Waals surface area contributed by atoms with Crippen molar-refractivity contribution in [1.82, 2.24) is 19.9 Å². The Hall–Kier alpha value is -1.87. The second-order valence-corrected chi connectivity index (χ2v) is 8.80. The van der Waals surface area contributed by atoms with E-state index in [9.17, 15) is 0 Å². The zero-order valence-electron chi connectivity index (χ0n) is 16.0. The third kappa shape index (κ3) is 5.01. The molecule has 3 heterocycles. The van der Waals surface area contributed by atoms with Gasteiger partial charge in [0.1, 0.15) is 28.2 Å². The van der Waals surface area contributed by atoms with E-state index >= 15 is 0 Å². The number of fused-ring (bicyclic) bond motifs is 1. The molecule has 7 nitrogen and oxygen atoms in total. The van der Waals surface area contributed by atoms with E-state index in [1.807, 2.05) is 13.0 Å². The average Bonchev–Trinajstić information content (AvgIpc) is 3.09. The molecule has 1 saturated heterocycles. The van der Waals surface area contributed by atoms with Gasteiger partial charge in [-0.25, -0.2) is 9.97 Å². The van der Waals surface area contributed by atoms with Gasteiger partial charge in [-0.2, -0.15) is 4.98 Å². The Labute approximate surface area is 183 Å². The van der Waals surface area contributed by atoms with Gasteiger partial charge in [-0.1, -0.05) is 34.5 Å². The lowest BCUT2D eigenvalue weighted by Gasteiger charge is -2.32. The topological polar surface area (TPSA) is 89.2 Å². The first-order valence-corrected chi connectivity index (χ1v) is 11.0. The normalized spacial score (nSPS) is 15.7. The average molecular weight is 453 g/mol. The minimum atomic E-state index is 0.200. The zero-order valence-corrected chi connectivity index (χ0v) is 18.3. The van der Waals surface area contributed by atoms with Crippen LogP contribution in [0.15, 0.2) is 18.2 Å². The summed E-state index contributed by atoms with van der Waals surface area (Å²) in [6, 6.07) is 5.40. The van der Waals surface area contributed by atoms with Gasteiger partial charge in [0, 0.05) is 32.2 Å². The fourth-order valence-electron chi connectivity index (χ4n) is 3.35. The molecular weight excluding hydrogens is 431 g/mol. The van der Waals surface area contributed by atoms with Crippen molar-refractivity contribution in [3.63, 3.8) is 0 Å². The molecule has 0 spiro atoms. The summed E-state index contributed by atoms with van der Waals surface area (Å²) in [6.07, 6.45) is 2.16. The van der Waals surface area contributed by atoms with Crippen LogP contribution in [0.2, 0.25) is 10.0 Å². The van der Waals surface area contributed by atoms with E-state index in [0.29, 0.717) is 27.3 Å². The van der Waals surface area contributed by atoms with Crippen LogP contribution in [-0.2, 0) is 0 Å². The van der Waals surface area contributed by atoms with E-state index in [4.69, 9.17) is 33.7 Å². The number of nitrogens with one attached hydrogen (secondary N) is 1. The molecule has 1 aliphatic heterocycles. The van der Waals surface area contributed by atoms with Crippen molar-refractivity contribution in [3.8, 4) is 5.75 Å². The molecule has 2 aromatic heterocycles. The maximum Gasteiger partial charge on any atom is 0.185 e. The number of nitrogens with zero attached hydrogens (tertiary/aromatic N) is 4. The number of nitrogen functional groups attached to an aromatic ring is 1. The Morgan fingerprint density at radius 3 is 2.76 bits per heavy atom. The summed E-state index contributed by atoms with van der Waals surface area (Å²) in [7, 11) is 0. The van der Waals surface area contributed by atoms with Gasteiger partial charge < -0.3 is 20.7 Å². The summed E-state index contributed by atoms with van der Waals surface area (Å²) in [5.41, 5.74) is 6.61. The number of benzene rings is 1. The number of likely N-dealkylation sites (tertiary alicyclic amines) is 1. The van der Waals surface area contributed by atoms with Crippen LogP contribution in [0.3, 0.4) is 0 Å². The molecule has 0 bridgehead atoms. The Morgan fingerprint density at radius 1 is 1.21 bits per heavy atom. The number of rotatable bonds is 6. The minimum Gasteiger partial charge on any atom is -0.490 e. The fourth-order valence-corrected chi connectivity index (χ4v) is 4.47. The van der Waals surface area contributed by atoms with Gasteiger partial charge in [-0.3, -0.25) is 0 Å². The summed E-state index contributed by atoms with van der Waals surface area (Å²) in [5, 5.41) is 5.26. The zero-order chi connectivity index (χ0) is 20.4. The summed E-state index contributed by atoms with van der Waals surface area (Å²) in [4.78, 5) is 15.5. The second kappa shape index (κ2) is 8.87. The fraction of sp³-hybridized carbons (Fsp3) is 0.421. The van der Waals surface area contributed by atoms with Gasteiger partial charge in [0.05, 0.1) is 10.0 Å². The van der Waals surface area contributed by atoms with Crippen LogP contribution in [0.25, 0.3) is 10.3 Å². The molecule has 1 fully saturated rings. The third-order valence-electron chi connectivity index (χ3n) is 4.82. The number of aryl methyl sites for hydroxylation is 1. The quantitative estimate of drug-likeness (QED) is 0.577. The highest BCUT2D eigenvalue weighted by Gasteiger charge is 2.20. The molecule has 154 valence electrons. The van der Waals surface area contributed by atoms with E-state index in [1.54, 1.807) is 12.1 Å². The standard InChI is InChI=1S/C19H22Cl2N6OS/c1-11-24-17(22)16-18(25-11)26-19(29-16)23-6-9-27-7-4-12(5-8-27)28-13-2-3-14(20)15(21)10-13/h2-3,10,12H,4-9H2,1H3,(H3,22,23,24,25,26). The van der Waals surface area contributed by atoms with Crippen LogP contribution in [0.4, 0.5) is 10.9 Å². The summed E-state index contributed by atoms with van der Waals surface area (Å²) < 4.78 is 6.88. The van der Waals surface area contributed by atoms with Crippen molar-refractivity contribution in [2.45, 2.75) is 25.9 Å². The van der Waals surface area contributed by atoms with Gasteiger partial charge in [-0.15, -0.1) is 0 Å². The number of anilines is 2. The molecule has 29 heavy (non-hydrogen) atoms. The molecule has 10 heteroatoms. The Kier molecular flexibility index (Phi) is 6.24. The van der Waals surface area contributed by atoms with Crippen LogP contribution in [0.1, 0.15) is 18.7 Å². The minimum absolute atomic E-state index is 0.200. The number of halogens is 2. The predicted octanol–water partition coefficient (Wildman–Crippen LogP) is 4.24. The highest BCUT2D eigenvalue weighted by molar-refractivity contribution is 7.22. The van der Waals surface area contributed by atoms with Crippen LogP contribution in [0.5, 0.6) is 5.75 Å². The Balaban J connectivity index is 1.23. The van der Waals surface area contributed by atoms with Crippen molar-refractivity contribution < 1.29 is 4.74 Å². The molecule has 0 radical (unpaired) electrons. The van der Waals surface area contributed by atoms with Crippen molar-refractivity contribution in [3.05, 3.63) is 34.1 Å². The number of aromatic nitrogens is 3. The lowest BCUT2D eigenvalue weighted by molar-refractivity contribution is 0.103. The van der Waals surface area contributed by atoms with Crippen LogP contribution in [0, 0.1) is 6.92 Å². The largest absolute Gasteiger partial charge is 0.490 e. The molecule has 0 saturated carbocycles. The van der Waals surface area contributed by atoms with E-state index in [-0.39, 0.29) is 6.10 Å². The van der Waals surface area contributed by atoms with E-state index in [1.165, 1.54) is 11.3 Å². The Bertz CT molecular complexity index is 1010. The predicted molar refractivity (Wildman–Crippen MR) is 119 cm³/mol. The molecular formula is C19H22Cl2N6OS. The molecule has 3 aromatic rings. The maximum absolute atomic E-state index is 6.06. The van der Waals surface area contributed by atoms with Crippen LogP contribution in [-0.4, -0.2) is 52.1 Å². The van der Waals surface area contributed by atoms with Crippen molar-refractivity contribution in [1.29, 1.82) is 0 Å². The lowest BCUT2D eigenvalue weighted by Crippen LogP contribution is -2.40. The first kappa shape index (κ1) is 20.4. The SMILES string of the molecule is Cc1nc(N)c2sc(NCCN3CCC(Oc4ccc(Cl)c(Cl)c4)CC3)nc2n1. The molecule has 1 aromatic carbocycles. The number of nitrogens with two attached hydrogens (primary N) is 1. The van der Waals surface area contributed by atoms with E-state index in [0.717, 1.165) is 54.6 Å². The van der Waals surface area contributed by atoms with Crippen molar-refractivity contribution >= 4 is 55.8 Å². The first-order chi connectivity index (χ1) is 14.0. The second-order valence-electron chi connectivity index (χ2n) is 6.99. The summed E-state index contributed by atoms with van der Waals surface area (Å²) >= 11 is 13.5. The molecule has 0 atom stereocenters. The van der Waals surface area contributed by atoms with E-state index < -0.39 is 0 Å². The number of hydrogen-bond donors (Lipinski definition) is 2. The first-order valence-electron chi connectivity index (χ1n) is 9.46.